The second kappa shape index (κ2) is 6.53. The lowest BCUT2D eigenvalue weighted by Gasteiger charge is -2.12. The van der Waals surface area contributed by atoms with Gasteiger partial charge in [-0.25, -0.2) is 8.42 Å². The van der Waals surface area contributed by atoms with Crippen LogP contribution in [0.2, 0.25) is 0 Å². The Bertz CT molecular complexity index is 525. The predicted molar refractivity (Wildman–Crippen MR) is 72.0 cm³/mol. The van der Waals surface area contributed by atoms with E-state index in [1.54, 1.807) is 19.1 Å². The minimum Gasteiger partial charge on any atom is -0.508 e. The van der Waals surface area contributed by atoms with E-state index >= 15 is 0 Å². The number of aromatic hydroxyl groups is 1. The minimum atomic E-state index is -3.59. The van der Waals surface area contributed by atoms with Crippen LogP contribution in [0, 0.1) is 0 Å². The van der Waals surface area contributed by atoms with Gasteiger partial charge in [-0.3, -0.25) is 9.52 Å². The molecule has 1 rings (SSSR count). The Morgan fingerprint density at radius 3 is 2.47 bits per heavy atom. The number of sulfonamides is 1. The van der Waals surface area contributed by atoms with Gasteiger partial charge in [0.1, 0.15) is 5.75 Å². The Balaban J connectivity index is 2.60. The van der Waals surface area contributed by atoms with Crippen LogP contribution in [0.1, 0.15) is 18.9 Å². The van der Waals surface area contributed by atoms with Gasteiger partial charge in [-0.1, -0.05) is 19.1 Å². The highest BCUT2D eigenvalue weighted by Crippen LogP contribution is 2.10. The fourth-order valence-electron chi connectivity index (χ4n) is 1.53. The summed E-state index contributed by atoms with van der Waals surface area (Å²) in [6.45, 7) is 1.71. The topological polar surface area (TPSA) is 109 Å². The van der Waals surface area contributed by atoms with Gasteiger partial charge < -0.3 is 10.8 Å². The molecule has 0 radical (unpaired) electrons. The highest BCUT2D eigenvalue weighted by molar-refractivity contribution is 7.90. The molecular formula is C12H18N2O4S. The number of carbonyl (C=O) groups is 1. The number of hydrogen-bond acceptors (Lipinski definition) is 5. The van der Waals surface area contributed by atoms with Crippen molar-refractivity contribution >= 4 is 15.9 Å². The Labute approximate surface area is 112 Å². The number of nitrogens with one attached hydrogen (secondary N) is 1. The summed E-state index contributed by atoms with van der Waals surface area (Å²) in [4.78, 5) is 11.6. The van der Waals surface area contributed by atoms with Crippen molar-refractivity contribution in [2.75, 3.05) is 5.75 Å². The van der Waals surface area contributed by atoms with Crippen LogP contribution in [-0.4, -0.2) is 31.2 Å². The molecule has 0 spiro atoms. The quantitative estimate of drug-likeness (QED) is 0.688. The summed E-state index contributed by atoms with van der Waals surface area (Å²) >= 11 is 0. The van der Waals surface area contributed by atoms with Gasteiger partial charge in [-0.15, -0.1) is 0 Å². The van der Waals surface area contributed by atoms with Crippen LogP contribution >= 0.6 is 0 Å². The van der Waals surface area contributed by atoms with E-state index in [-0.39, 0.29) is 17.9 Å². The SMILES string of the molecule is CCCS(=O)(=O)NC(=O)[C@@H](N)Cc1ccc(O)cc1. The van der Waals surface area contributed by atoms with Crippen molar-refractivity contribution in [3.8, 4) is 5.75 Å². The average molecular weight is 286 g/mol. The normalized spacial score (nSPS) is 12.9. The average Bonchev–Trinajstić information content (AvgIpc) is 2.31. The molecule has 1 amide bonds. The minimum absolute atomic E-state index is 0.106. The summed E-state index contributed by atoms with van der Waals surface area (Å²) in [7, 11) is -3.59. The van der Waals surface area contributed by atoms with Crippen molar-refractivity contribution < 1.29 is 18.3 Å². The summed E-state index contributed by atoms with van der Waals surface area (Å²) < 4.78 is 24.8. The van der Waals surface area contributed by atoms with Crippen molar-refractivity contribution in [3.05, 3.63) is 29.8 Å². The Hall–Kier alpha value is -1.60. The standard InChI is InChI=1S/C12H18N2O4S/c1-2-7-19(17,18)14-12(16)11(13)8-9-3-5-10(15)6-4-9/h3-6,11,15H,2,7-8,13H2,1H3,(H,14,16)/t11-/m0/s1. The molecule has 0 aromatic heterocycles. The van der Waals surface area contributed by atoms with E-state index < -0.39 is 22.0 Å². The predicted octanol–water partition coefficient (Wildman–Crippen LogP) is 0.118. The molecule has 0 heterocycles. The van der Waals surface area contributed by atoms with Crippen LogP contribution in [0.5, 0.6) is 5.75 Å². The molecule has 0 bridgehead atoms. The van der Waals surface area contributed by atoms with E-state index in [0.29, 0.717) is 6.42 Å². The lowest BCUT2D eigenvalue weighted by Crippen LogP contribution is -2.45. The maximum atomic E-state index is 11.6. The number of phenols is 1. The van der Waals surface area contributed by atoms with Crippen molar-refractivity contribution in [1.29, 1.82) is 0 Å². The first-order chi connectivity index (χ1) is 8.84. The number of phenolic OH excluding ortho intramolecular Hbond substituents is 1. The highest BCUT2D eigenvalue weighted by atomic mass is 32.2. The molecule has 0 aliphatic carbocycles. The second-order valence-corrected chi connectivity index (χ2v) is 6.10. The van der Waals surface area contributed by atoms with Gasteiger partial charge >= 0.3 is 0 Å². The van der Waals surface area contributed by atoms with Crippen LogP contribution in [0.25, 0.3) is 0 Å². The third-order valence-electron chi connectivity index (χ3n) is 2.46. The van der Waals surface area contributed by atoms with E-state index in [4.69, 9.17) is 10.8 Å². The van der Waals surface area contributed by atoms with Gasteiger partial charge in [-0.05, 0) is 30.5 Å². The zero-order valence-electron chi connectivity index (χ0n) is 10.7. The van der Waals surface area contributed by atoms with Crippen molar-refractivity contribution in [3.63, 3.8) is 0 Å². The number of amides is 1. The molecule has 19 heavy (non-hydrogen) atoms. The molecule has 106 valence electrons. The molecule has 0 saturated carbocycles. The fourth-order valence-corrected chi connectivity index (χ4v) is 2.62. The lowest BCUT2D eigenvalue weighted by atomic mass is 10.1. The number of hydrogen-bond donors (Lipinski definition) is 3. The van der Waals surface area contributed by atoms with E-state index in [1.807, 2.05) is 4.72 Å². The van der Waals surface area contributed by atoms with E-state index in [1.165, 1.54) is 12.1 Å². The first kappa shape index (κ1) is 15.5. The third-order valence-corrected chi connectivity index (χ3v) is 3.92. The van der Waals surface area contributed by atoms with Gasteiger partial charge in [0.25, 0.3) is 5.91 Å². The first-order valence-corrected chi connectivity index (χ1v) is 7.57. The van der Waals surface area contributed by atoms with Crippen LogP contribution < -0.4 is 10.5 Å². The maximum absolute atomic E-state index is 11.6. The van der Waals surface area contributed by atoms with Crippen LogP contribution in [0.3, 0.4) is 0 Å². The van der Waals surface area contributed by atoms with E-state index in [2.05, 4.69) is 0 Å². The number of benzene rings is 1. The molecule has 0 aliphatic heterocycles. The number of nitrogens with two attached hydrogens (primary N) is 1. The summed E-state index contributed by atoms with van der Waals surface area (Å²) in [5, 5.41) is 9.12. The van der Waals surface area contributed by atoms with Gasteiger partial charge in [0.2, 0.25) is 10.0 Å². The van der Waals surface area contributed by atoms with Gasteiger partial charge in [0.15, 0.2) is 0 Å². The number of carbonyl (C=O) groups excluding carboxylic acids is 1. The van der Waals surface area contributed by atoms with Crippen molar-refractivity contribution in [1.82, 2.24) is 4.72 Å². The van der Waals surface area contributed by atoms with Crippen LogP contribution in [-0.2, 0) is 21.2 Å². The Morgan fingerprint density at radius 1 is 1.37 bits per heavy atom. The van der Waals surface area contributed by atoms with Crippen LogP contribution in [0.15, 0.2) is 24.3 Å². The molecule has 1 atom stereocenters. The van der Waals surface area contributed by atoms with Crippen molar-refractivity contribution in [2.24, 2.45) is 5.73 Å². The first-order valence-electron chi connectivity index (χ1n) is 5.92. The zero-order chi connectivity index (χ0) is 14.5. The zero-order valence-corrected chi connectivity index (χ0v) is 11.5. The monoisotopic (exact) mass is 286 g/mol. The molecule has 0 saturated heterocycles. The fraction of sp³-hybridized carbons (Fsp3) is 0.417. The molecule has 0 aliphatic rings. The third kappa shape index (κ3) is 5.27. The second-order valence-electron chi connectivity index (χ2n) is 4.26. The smallest absolute Gasteiger partial charge is 0.250 e. The summed E-state index contributed by atoms with van der Waals surface area (Å²) in [6, 6.07) is 5.27. The summed E-state index contributed by atoms with van der Waals surface area (Å²) in [6.07, 6.45) is 0.629. The van der Waals surface area contributed by atoms with Gasteiger partial charge in [0, 0.05) is 0 Å². The van der Waals surface area contributed by atoms with Gasteiger partial charge in [0.05, 0.1) is 11.8 Å². The molecule has 1 aromatic carbocycles. The molecular weight excluding hydrogens is 268 g/mol. The van der Waals surface area contributed by atoms with E-state index in [0.717, 1.165) is 5.56 Å². The van der Waals surface area contributed by atoms with Gasteiger partial charge in [-0.2, -0.15) is 0 Å². The summed E-state index contributed by atoms with van der Waals surface area (Å²) in [5.41, 5.74) is 6.40. The van der Waals surface area contributed by atoms with E-state index in [9.17, 15) is 13.2 Å². The molecule has 7 heteroatoms. The molecule has 4 N–H and O–H groups in total. The maximum Gasteiger partial charge on any atom is 0.250 e. The lowest BCUT2D eigenvalue weighted by molar-refractivity contribution is -0.120. The Morgan fingerprint density at radius 2 is 1.95 bits per heavy atom. The van der Waals surface area contributed by atoms with Crippen molar-refractivity contribution in [2.45, 2.75) is 25.8 Å². The largest absolute Gasteiger partial charge is 0.508 e. The molecule has 0 fully saturated rings. The van der Waals surface area contributed by atoms with Crippen LogP contribution in [0.4, 0.5) is 0 Å². The Kier molecular flexibility index (Phi) is 5.31. The molecule has 0 unspecified atom stereocenters. The molecule has 1 aromatic rings. The summed E-state index contributed by atoms with van der Waals surface area (Å²) in [5.74, 6) is -0.709. The molecule has 6 nitrogen and oxygen atoms in total. The highest BCUT2D eigenvalue weighted by Gasteiger charge is 2.19. The number of rotatable bonds is 6.